The number of urea groups is 1. The molecule has 2 aromatic rings. The number of benzene rings is 1. The van der Waals surface area contributed by atoms with Crippen LogP contribution in [0, 0.1) is 0 Å². The van der Waals surface area contributed by atoms with Crippen LogP contribution in [0.4, 0.5) is 4.79 Å². The first-order valence-electron chi connectivity index (χ1n) is 8.88. The summed E-state index contributed by atoms with van der Waals surface area (Å²) in [6.07, 6.45) is 8.30. The molecule has 1 aliphatic carbocycles. The van der Waals surface area contributed by atoms with Crippen LogP contribution in [0.5, 0.6) is 0 Å². The van der Waals surface area contributed by atoms with Gasteiger partial charge in [-0.3, -0.25) is 0 Å². The van der Waals surface area contributed by atoms with Gasteiger partial charge >= 0.3 is 6.03 Å². The summed E-state index contributed by atoms with van der Waals surface area (Å²) in [6.45, 7) is 1.22. The van der Waals surface area contributed by atoms with Crippen molar-refractivity contribution in [3.8, 4) is 0 Å². The molecule has 2 fully saturated rings. The van der Waals surface area contributed by atoms with Gasteiger partial charge in [-0.05, 0) is 31.7 Å². The van der Waals surface area contributed by atoms with E-state index in [-0.39, 0.29) is 17.7 Å². The molecule has 1 spiro atoms. The van der Waals surface area contributed by atoms with Gasteiger partial charge in [-0.1, -0.05) is 31.0 Å². The Morgan fingerprint density at radius 2 is 2.08 bits per heavy atom. The molecule has 5 nitrogen and oxygen atoms in total. The summed E-state index contributed by atoms with van der Waals surface area (Å²) in [4.78, 5) is 12.3. The van der Waals surface area contributed by atoms with Crippen LogP contribution in [0.2, 0.25) is 0 Å². The average Bonchev–Trinajstić information content (AvgIpc) is 3.20. The number of carbonyl (C=O) groups is 1. The number of carbonyl (C=O) groups excluding carboxylic acids is 1. The van der Waals surface area contributed by atoms with E-state index in [2.05, 4.69) is 10.6 Å². The van der Waals surface area contributed by atoms with Crippen molar-refractivity contribution in [2.24, 2.45) is 0 Å². The molecule has 1 aliphatic heterocycles. The zero-order chi connectivity index (χ0) is 16.4. The molecule has 1 atom stereocenters. The van der Waals surface area contributed by atoms with Gasteiger partial charge in [0.1, 0.15) is 5.58 Å². The molecule has 2 aliphatic rings. The van der Waals surface area contributed by atoms with Crippen molar-refractivity contribution >= 4 is 17.0 Å². The van der Waals surface area contributed by atoms with Crippen molar-refractivity contribution in [1.29, 1.82) is 0 Å². The number of furan rings is 1. The summed E-state index contributed by atoms with van der Waals surface area (Å²) >= 11 is 0. The highest BCUT2D eigenvalue weighted by Crippen LogP contribution is 2.39. The van der Waals surface area contributed by atoms with Crippen LogP contribution in [0.15, 0.2) is 34.9 Å². The quantitative estimate of drug-likeness (QED) is 0.902. The monoisotopic (exact) mass is 328 g/mol. The number of fused-ring (bicyclic) bond motifs is 1. The number of para-hydroxylation sites is 1. The minimum atomic E-state index is -0.111. The predicted octanol–water partition coefficient (Wildman–Crippen LogP) is 3.72. The van der Waals surface area contributed by atoms with Gasteiger partial charge in [0.2, 0.25) is 0 Å². The fraction of sp³-hybridized carbons (Fsp3) is 0.526. The number of hydrogen-bond donors (Lipinski definition) is 2. The Morgan fingerprint density at radius 1 is 1.25 bits per heavy atom. The molecule has 2 heterocycles. The minimum absolute atomic E-state index is 0.0248. The zero-order valence-electron chi connectivity index (χ0n) is 13.8. The van der Waals surface area contributed by atoms with E-state index in [1.807, 2.05) is 24.3 Å². The van der Waals surface area contributed by atoms with Gasteiger partial charge < -0.3 is 19.8 Å². The molecule has 0 bridgehead atoms. The van der Waals surface area contributed by atoms with Gasteiger partial charge in [0.25, 0.3) is 0 Å². The molecule has 128 valence electrons. The van der Waals surface area contributed by atoms with Crippen molar-refractivity contribution < 1.29 is 13.9 Å². The zero-order valence-corrected chi connectivity index (χ0v) is 13.8. The fourth-order valence-electron chi connectivity index (χ4n) is 4.10. The van der Waals surface area contributed by atoms with E-state index < -0.39 is 0 Å². The first kappa shape index (κ1) is 15.5. The Morgan fingerprint density at radius 3 is 2.96 bits per heavy atom. The largest absolute Gasteiger partial charge is 0.464 e. The Balaban J connectivity index is 1.32. The maximum absolute atomic E-state index is 12.3. The van der Waals surface area contributed by atoms with E-state index in [1.54, 1.807) is 6.26 Å². The summed E-state index contributed by atoms with van der Waals surface area (Å²) in [5.41, 5.74) is 1.87. The summed E-state index contributed by atoms with van der Waals surface area (Å²) in [5, 5.41) is 7.12. The average molecular weight is 328 g/mol. The molecular weight excluding hydrogens is 304 g/mol. The van der Waals surface area contributed by atoms with Crippen LogP contribution in [0.1, 0.15) is 44.1 Å². The molecule has 24 heavy (non-hydrogen) atoms. The Labute approximate surface area is 141 Å². The maximum Gasteiger partial charge on any atom is 0.315 e. The van der Waals surface area contributed by atoms with E-state index >= 15 is 0 Å². The third-order valence-corrected chi connectivity index (χ3v) is 5.34. The van der Waals surface area contributed by atoms with E-state index in [4.69, 9.17) is 9.15 Å². The van der Waals surface area contributed by atoms with E-state index in [1.165, 1.54) is 12.8 Å². The molecule has 1 aromatic heterocycles. The van der Waals surface area contributed by atoms with Crippen molar-refractivity contribution in [2.45, 2.75) is 56.7 Å². The summed E-state index contributed by atoms with van der Waals surface area (Å²) in [6, 6.07) is 7.96. The normalized spacial score (nSPS) is 22.8. The molecule has 2 N–H and O–H groups in total. The first-order chi connectivity index (χ1) is 11.7. The fourth-order valence-corrected chi connectivity index (χ4v) is 4.10. The van der Waals surface area contributed by atoms with Crippen molar-refractivity contribution in [3.05, 3.63) is 36.1 Å². The molecule has 1 saturated carbocycles. The molecule has 1 unspecified atom stereocenters. The lowest BCUT2D eigenvalue weighted by molar-refractivity contribution is -0.0820. The molecule has 1 aromatic carbocycles. The minimum Gasteiger partial charge on any atom is -0.464 e. The smallest absolute Gasteiger partial charge is 0.315 e. The summed E-state index contributed by atoms with van der Waals surface area (Å²) < 4.78 is 11.5. The highest BCUT2D eigenvalue weighted by Gasteiger charge is 2.40. The molecule has 4 rings (SSSR count). The summed E-state index contributed by atoms with van der Waals surface area (Å²) in [7, 11) is 0. The van der Waals surface area contributed by atoms with Crippen LogP contribution < -0.4 is 10.6 Å². The van der Waals surface area contributed by atoms with Crippen LogP contribution in [-0.4, -0.2) is 24.3 Å². The molecule has 1 saturated heterocycles. The topological polar surface area (TPSA) is 63.5 Å². The third-order valence-electron chi connectivity index (χ3n) is 5.34. The Hall–Kier alpha value is -2.01. The van der Waals surface area contributed by atoms with Crippen molar-refractivity contribution in [2.75, 3.05) is 6.61 Å². The van der Waals surface area contributed by atoms with Crippen molar-refractivity contribution in [1.82, 2.24) is 10.6 Å². The molecule has 0 radical (unpaired) electrons. The lowest BCUT2D eigenvalue weighted by Gasteiger charge is -2.38. The van der Waals surface area contributed by atoms with E-state index in [9.17, 15) is 4.79 Å². The van der Waals surface area contributed by atoms with Crippen LogP contribution in [-0.2, 0) is 11.3 Å². The molecule has 2 amide bonds. The molecule has 5 heteroatoms. The SMILES string of the molecule is O=C(NCc1coc2ccccc12)NC1CCOC2(CCCC2)C1. The van der Waals surface area contributed by atoms with Crippen LogP contribution in [0.25, 0.3) is 11.0 Å². The second-order valence-corrected chi connectivity index (χ2v) is 7.01. The second kappa shape index (κ2) is 6.48. The second-order valence-electron chi connectivity index (χ2n) is 7.01. The third kappa shape index (κ3) is 3.13. The molecular formula is C19H24N2O3. The van der Waals surface area contributed by atoms with Gasteiger partial charge in [-0.2, -0.15) is 0 Å². The van der Waals surface area contributed by atoms with Gasteiger partial charge in [0, 0.05) is 30.1 Å². The van der Waals surface area contributed by atoms with Crippen LogP contribution in [0.3, 0.4) is 0 Å². The number of nitrogens with one attached hydrogen (secondary N) is 2. The predicted molar refractivity (Wildman–Crippen MR) is 91.8 cm³/mol. The Kier molecular flexibility index (Phi) is 4.19. The van der Waals surface area contributed by atoms with Crippen molar-refractivity contribution in [3.63, 3.8) is 0 Å². The van der Waals surface area contributed by atoms with Gasteiger partial charge in [-0.25, -0.2) is 4.79 Å². The van der Waals surface area contributed by atoms with E-state index in [0.717, 1.165) is 48.8 Å². The lowest BCUT2D eigenvalue weighted by atomic mass is 9.89. The number of hydrogen-bond acceptors (Lipinski definition) is 3. The first-order valence-corrected chi connectivity index (χ1v) is 8.88. The number of ether oxygens (including phenoxy) is 1. The Bertz CT molecular complexity index is 718. The maximum atomic E-state index is 12.3. The van der Waals surface area contributed by atoms with Gasteiger partial charge in [0.15, 0.2) is 0 Å². The standard InChI is InChI=1S/C19H24N2O3/c22-18(20-12-14-13-23-17-6-2-1-5-16(14)17)21-15-7-10-24-19(11-15)8-3-4-9-19/h1-2,5-6,13,15H,3-4,7-12H2,(H2,20,21,22). The summed E-state index contributed by atoms with van der Waals surface area (Å²) in [5.74, 6) is 0. The van der Waals surface area contributed by atoms with Crippen LogP contribution >= 0.6 is 0 Å². The highest BCUT2D eigenvalue weighted by atomic mass is 16.5. The van der Waals surface area contributed by atoms with Gasteiger partial charge in [-0.15, -0.1) is 0 Å². The number of amides is 2. The highest BCUT2D eigenvalue weighted by molar-refractivity contribution is 5.81. The lowest BCUT2D eigenvalue weighted by Crippen LogP contribution is -2.49. The van der Waals surface area contributed by atoms with Gasteiger partial charge in [0.05, 0.1) is 11.9 Å². The number of rotatable bonds is 3. The van der Waals surface area contributed by atoms with E-state index in [0.29, 0.717) is 6.54 Å².